The molecule has 3 heterocycles. The Labute approximate surface area is 146 Å². The highest BCUT2D eigenvalue weighted by atomic mass is 32.2. The minimum absolute atomic E-state index is 0.0930. The quantitative estimate of drug-likeness (QED) is 0.662. The van der Waals surface area contributed by atoms with Crippen LogP contribution in [0.3, 0.4) is 0 Å². The lowest BCUT2D eigenvalue weighted by atomic mass is 9.96. The molecule has 3 saturated heterocycles. The lowest BCUT2D eigenvalue weighted by Crippen LogP contribution is -2.60. The molecule has 0 aromatic carbocycles. The van der Waals surface area contributed by atoms with Gasteiger partial charge in [-0.3, -0.25) is 9.69 Å². The van der Waals surface area contributed by atoms with Gasteiger partial charge in [-0.1, -0.05) is 0 Å². The van der Waals surface area contributed by atoms with Crippen molar-refractivity contribution in [1.82, 2.24) is 9.80 Å². The fourth-order valence-corrected chi connectivity index (χ4v) is 5.10. The molecule has 24 heavy (non-hydrogen) atoms. The number of amides is 2. The summed E-state index contributed by atoms with van der Waals surface area (Å²) in [4.78, 5) is 29.1. The van der Waals surface area contributed by atoms with Crippen LogP contribution in [0.1, 0.15) is 41.0 Å². The van der Waals surface area contributed by atoms with Gasteiger partial charge >= 0.3 is 6.09 Å². The van der Waals surface area contributed by atoms with E-state index in [1.807, 2.05) is 0 Å². The van der Waals surface area contributed by atoms with Gasteiger partial charge in [0.05, 0.1) is 18.0 Å². The van der Waals surface area contributed by atoms with Crippen molar-refractivity contribution in [2.45, 2.75) is 69.3 Å². The van der Waals surface area contributed by atoms with Crippen molar-refractivity contribution < 1.29 is 19.1 Å². The van der Waals surface area contributed by atoms with Crippen LogP contribution in [-0.2, 0) is 14.3 Å². The molecule has 3 atom stereocenters. The van der Waals surface area contributed by atoms with Gasteiger partial charge in [-0.25, -0.2) is 4.79 Å². The number of ether oxygens (including phenoxy) is 2. The average Bonchev–Trinajstić information content (AvgIpc) is 3.03. The first-order valence-electron chi connectivity index (χ1n) is 8.03. The summed E-state index contributed by atoms with van der Waals surface area (Å²) in [5, 5.41) is 9.21. The number of fused-ring (bicyclic) bond motifs is 1. The zero-order chi connectivity index (χ0) is 17.9. The third-order valence-corrected chi connectivity index (χ3v) is 5.88. The molecule has 0 aromatic heterocycles. The summed E-state index contributed by atoms with van der Waals surface area (Å²) in [6.07, 6.45) is -0.102. The number of carbonyl (C=O) groups is 2. The first-order valence-corrected chi connectivity index (χ1v) is 9.08. The van der Waals surface area contributed by atoms with Crippen LogP contribution in [-0.4, -0.2) is 62.4 Å². The van der Waals surface area contributed by atoms with Crippen LogP contribution in [0.2, 0.25) is 0 Å². The van der Waals surface area contributed by atoms with Crippen LogP contribution in [0, 0.1) is 11.3 Å². The summed E-state index contributed by atoms with van der Waals surface area (Å²) in [6.45, 7) is 9.02. The Morgan fingerprint density at radius 2 is 2.12 bits per heavy atom. The molecule has 132 valence electrons. The third-order valence-electron chi connectivity index (χ3n) is 4.59. The molecule has 2 amide bonds. The Balaban J connectivity index is 1.96. The largest absolute Gasteiger partial charge is 0.444 e. The molecule has 0 bridgehead atoms. The maximum Gasteiger partial charge on any atom is 0.413 e. The maximum absolute atomic E-state index is 13.2. The van der Waals surface area contributed by atoms with Gasteiger partial charge in [-0.2, -0.15) is 5.26 Å². The molecular weight excluding hydrogens is 330 g/mol. The van der Waals surface area contributed by atoms with Crippen LogP contribution in [0.4, 0.5) is 4.79 Å². The van der Waals surface area contributed by atoms with E-state index in [0.717, 1.165) is 0 Å². The molecule has 8 heteroatoms. The van der Waals surface area contributed by atoms with E-state index >= 15 is 0 Å². The van der Waals surface area contributed by atoms with E-state index in [9.17, 15) is 14.9 Å². The van der Waals surface area contributed by atoms with Crippen LogP contribution >= 0.6 is 11.8 Å². The molecule has 0 N–H and O–H groups in total. The van der Waals surface area contributed by atoms with Gasteiger partial charge in [-0.15, -0.1) is 11.8 Å². The number of carbonyl (C=O) groups excluding carboxylic acids is 2. The summed E-state index contributed by atoms with van der Waals surface area (Å²) in [6, 6.07) is 1.74. The van der Waals surface area contributed by atoms with Crippen LogP contribution in [0.5, 0.6) is 0 Å². The Morgan fingerprint density at radius 3 is 2.71 bits per heavy atom. The molecule has 3 aliphatic heterocycles. The second-order valence-corrected chi connectivity index (χ2v) is 9.14. The summed E-state index contributed by atoms with van der Waals surface area (Å²) in [5.41, 5.74) is -2.69. The molecular formula is C16H23N3O4S. The summed E-state index contributed by atoms with van der Waals surface area (Å²) < 4.78 is 11.3. The van der Waals surface area contributed by atoms with E-state index in [0.29, 0.717) is 12.2 Å². The van der Waals surface area contributed by atoms with E-state index in [4.69, 9.17) is 9.47 Å². The highest BCUT2D eigenvalue weighted by Crippen LogP contribution is 2.50. The average molecular weight is 353 g/mol. The van der Waals surface area contributed by atoms with E-state index < -0.39 is 29.0 Å². The van der Waals surface area contributed by atoms with Gasteiger partial charge in [0.1, 0.15) is 17.4 Å². The smallest absolute Gasteiger partial charge is 0.413 e. The molecule has 3 fully saturated rings. The number of rotatable bonds is 0. The maximum atomic E-state index is 13.2. The second kappa shape index (κ2) is 5.27. The number of nitrogens with zero attached hydrogens (tertiary/aromatic N) is 3. The van der Waals surface area contributed by atoms with Gasteiger partial charge in [0.25, 0.3) is 5.91 Å². The second-order valence-electron chi connectivity index (χ2n) is 7.93. The Morgan fingerprint density at radius 1 is 1.46 bits per heavy atom. The summed E-state index contributed by atoms with van der Waals surface area (Å²) in [5.74, 6) is 0.403. The topological polar surface area (TPSA) is 82.9 Å². The fraction of sp³-hybridized carbons (Fsp3) is 0.812. The van der Waals surface area contributed by atoms with Crippen LogP contribution in [0.25, 0.3) is 0 Å². The van der Waals surface area contributed by atoms with Crippen molar-refractivity contribution in [3.8, 4) is 6.07 Å². The van der Waals surface area contributed by atoms with Gasteiger partial charge < -0.3 is 14.4 Å². The Bertz CT molecular complexity index is 624. The first-order chi connectivity index (χ1) is 11.0. The predicted molar refractivity (Wildman–Crippen MR) is 87.9 cm³/mol. The van der Waals surface area contributed by atoms with Crippen molar-refractivity contribution in [3.63, 3.8) is 0 Å². The monoisotopic (exact) mass is 353 g/mol. The number of nitriles is 1. The molecule has 3 rings (SSSR count). The Kier molecular flexibility index (Phi) is 3.81. The van der Waals surface area contributed by atoms with E-state index in [1.165, 1.54) is 4.90 Å². The number of thioether (sulfide) groups is 1. The van der Waals surface area contributed by atoms with Gasteiger partial charge in [-0.05, 0) is 34.6 Å². The standard InChI is InChI=1S/C16H23N3O4S/c1-14(2,3)23-13(21)19-15(4,5)22-9-16(19)6-11-18(12(16)20)10(7-17)8-24-11/h10-11H,6,8-9H2,1-5H3/t10-,11+,16+/m1/s1. The summed E-state index contributed by atoms with van der Waals surface area (Å²) in [7, 11) is 0. The number of hydrogen-bond acceptors (Lipinski definition) is 6. The number of hydrogen-bond donors (Lipinski definition) is 0. The highest BCUT2D eigenvalue weighted by Gasteiger charge is 2.67. The van der Waals surface area contributed by atoms with Gasteiger partial charge in [0.2, 0.25) is 0 Å². The third kappa shape index (κ3) is 2.45. The highest BCUT2D eigenvalue weighted by molar-refractivity contribution is 8.00. The molecule has 3 aliphatic rings. The normalized spacial score (nSPS) is 34.6. The zero-order valence-corrected chi connectivity index (χ0v) is 15.5. The molecule has 0 unspecified atom stereocenters. The SMILES string of the molecule is CC(C)(C)OC(=O)N1C(C)(C)OC[C@]12C[C@@H]1SC[C@@H](C#N)N1C2=O. The molecule has 0 aliphatic carbocycles. The first kappa shape index (κ1) is 17.4. The molecule has 0 radical (unpaired) electrons. The summed E-state index contributed by atoms with van der Waals surface area (Å²) >= 11 is 1.59. The lowest BCUT2D eigenvalue weighted by Gasteiger charge is -2.39. The van der Waals surface area contributed by atoms with Crippen LogP contribution in [0.15, 0.2) is 0 Å². The molecule has 0 aromatic rings. The minimum atomic E-state index is -1.08. The fourth-order valence-electron chi connectivity index (χ4n) is 3.66. The molecule has 0 saturated carbocycles. The van der Waals surface area contributed by atoms with Crippen molar-refractivity contribution >= 4 is 23.8 Å². The van der Waals surface area contributed by atoms with Crippen molar-refractivity contribution in [1.29, 1.82) is 5.26 Å². The zero-order valence-electron chi connectivity index (χ0n) is 14.7. The predicted octanol–water partition coefficient (Wildman–Crippen LogP) is 1.93. The van der Waals surface area contributed by atoms with E-state index in [1.54, 1.807) is 51.3 Å². The van der Waals surface area contributed by atoms with E-state index in [-0.39, 0.29) is 17.9 Å². The van der Waals surface area contributed by atoms with Crippen molar-refractivity contribution in [2.75, 3.05) is 12.4 Å². The molecule has 7 nitrogen and oxygen atoms in total. The minimum Gasteiger partial charge on any atom is -0.444 e. The molecule has 1 spiro atoms. The van der Waals surface area contributed by atoms with Gasteiger partial charge in [0.15, 0.2) is 5.54 Å². The van der Waals surface area contributed by atoms with Crippen molar-refractivity contribution in [2.24, 2.45) is 0 Å². The van der Waals surface area contributed by atoms with Crippen molar-refractivity contribution in [3.05, 3.63) is 0 Å². The van der Waals surface area contributed by atoms with Gasteiger partial charge in [0, 0.05) is 12.2 Å². The lowest BCUT2D eigenvalue weighted by molar-refractivity contribution is -0.138. The van der Waals surface area contributed by atoms with Crippen LogP contribution < -0.4 is 0 Å². The Hall–Kier alpha value is -1.46. The van der Waals surface area contributed by atoms with E-state index in [2.05, 4.69) is 6.07 Å².